The van der Waals surface area contributed by atoms with Crippen molar-refractivity contribution in [3.05, 3.63) is 143 Å². The first-order valence-electron chi connectivity index (χ1n) is 48.3. The number of carbonyl (C=O) groups is 7. The van der Waals surface area contributed by atoms with Crippen LogP contribution in [0.25, 0.3) is 33.4 Å². The molecule has 13 rings (SSSR count). The Bertz CT molecular complexity index is 5380. The normalized spacial score (nSPS) is 26.9. The summed E-state index contributed by atoms with van der Waals surface area (Å²) < 4.78 is 72.5. The molecule has 8 N–H and O–H groups in total. The quantitative estimate of drug-likeness (QED) is 0.0102. The third-order valence-electron chi connectivity index (χ3n) is 27.3. The molecule has 7 aromatic rings. The first kappa shape index (κ1) is 104. The molecule has 4 amide bonds. The Morgan fingerprint density at radius 3 is 2.09 bits per heavy atom. The van der Waals surface area contributed by atoms with E-state index in [2.05, 4.69) is 67.5 Å². The van der Waals surface area contributed by atoms with Crippen LogP contribution in [0.1, 0.15) is 165 Å². The maximum atomic E-state index is 14.9. The number of hydrogen-bond acceptors (Lipinski definition) is 33. The summed E-state index contributed by atoms with van der Waals surface area (Å²) in [6.07, 6.45) is 19.2. The highest BCUT2D eigenvalue weighted by Gasteiger charge is 2.53. The van der Waals surface area contributed by atoms with E-state index in [0.717, 1.165) is 33.4 Å². The first-order valence-corrected chi connectivity index (χ1v) is 48.3. The molecular formula is C100H137N17O21. The monoisotopic (exact) mass is 1910 g/mol. The number of ether oxygens (including phenoxy) is 11. The fourth-order valence-corrected chi connectivity index (χ4v) is 19.3. The van der Waals surface area contributed by atoms with Crippen molar-refractivity contribution >= 4 is 87.2 Å². The van der Waals surface area contributed by atoms with Crippen LogP contribution < -0.4 is 31.9 Å². The van der Waals surface area contributed by atoms with E-state index in [-0.39, 0.29) is 100 Å². The lowest BCUT2D eigenvalue weighted by atomic mass is 9.78. The van der Waals surface area contributed by atoms with Crippen LogP contribution in [0.4, 0.5) is 28.5 Å². The number of hydrogen-bond donors (Lipinski definition) is 6. The van der Waals surface area contributed by atoms with Gasteiger partial charge in [-0.2, -0.15) is 10.1 Å². The molecule has 2 bridgehead atoms. The number of nitrogens with zero attached hydrogens (tertiary/aromatic N) is 13. The predicted octanol–water partition coefficient (Wildman–Crippen LogP) is 9.40. The smallest absolute Gasteiger partial charge is 0.407 e. The van der Waals surface area contributed by atoms with Crippen molar-refractivity contribution in [2.24, 2.45) is 35.5 Å². The molecule has 0 spiro atoms. The summed E-state index contributed by atoms with van der Waals surface area (Å²) >= 11 is 0. The minimum absolute atomic E-state index is 0.00362. The van der Waals surface area contributed by atoms with E-state index in [9.17, 15) is 43.8 Å². The number of aliphatic hydroxyl groups is 2. The number of piperidine rings is 1. The number of nitrogens with two attached hydrogens (primary N) is 2. The maximum Gasteiger partial charge on any atom is 0.407 e. The average molecular weight is 1910 g/mol. The second-order valence-corrected chi connectivity index (χ2v) is 37.2. The molecule has 2 aromatic carbocycles. The average Bonchev–Trinajstić information content (AvgIpc) is 1.69. The van der Waals surface area contributed by atoms with Gasteiger partial charge in [-0.1, -0.05) is 89.3 Å². The van der Waals surface area contributed by atoms with Crippen molar-refractivity contribution in [2.75, 3.05) is 148 Å². The van der Waals surface area contributed by atoms with Gasteiger partial charge in [0.25, 0.3) is 23.6 Å². The summed E-state index contributed by atoms with van der Waals surface area (Å²) in [7, 11) is 6.13. The zero-order valence-corrected chi connectivity index (χ0v) is 81.2. The van der Waals surface area contributed by atoms with Gasteiger partial charge < -0.3 is 108 Å². The summed E-state index contributed by atoms with van der Waals surface area (Å²) in [5.41, 5.74) is 21.1. The molecule has 748 valence electrons. The number of aliphatic hydroxyl groups excluding tert-OH is 1. The van der Waals surface area contributed by atoms with Crippen LogP contribution in [0.15, 0.2) is 120 Å². The lowest BCUT2D eigenvalue weighted by molar-refractivity contribution is -0.265. The van der Waals surface area contributed by atoms with Crippen LogP contribution in [0.5, 0.6) is 0 Å². The van der Waals surface area contributed by atoms with E-state index >= 15 is 0 Å². The van der Waals surface area contributed by atoms with E-state index in [1.807, 2.05) is 98.9 Å². The van der Waals surface area contributed by atoms with Crippen molar-refractivity contribution in [3.63, 3.8) is 0 Å². The zero-order chi connectivity index (χ0) is 98.1. The lowest BCUT2D eigenvalue weighted by Gasteiger charge is -2.43. The molecule has 5 aliphatic heterocycles. The third kappa shape index (κ3) is 27.3. The number of nitrogen functional groups attached to an aromatic ring is 2. The molecule has 1 aliphatic carbocycles. The van der Waals surface area contributed by atoms with Gasteiger partial charge in [-0.25, -0.2) is 44.2 Å². The maximum absolute atomic E-state index is 14.9. The van der Waals surface area contributed by atoms with Crippen molar-refractivity contribution in [1.82, 2.24) is 65.1 Å². The van der Waals surface area contributed by atoms with Gasteiger partial charge in [0, 0.05) is 160 Å². The number of methoxy groups -OCH3 is 4. The molecule has 5 aromatic heterocycles. The molecule has 1 unspecified atom stereocenters. The highest BCUT2D eigenvalue weighted by molar-refractivity contribution is 6.39. The topological polar surface area (TPSA) is 472 Å². The molecule has 138 heavy (non-hydrogen) atoms. The van der Waals surface area contributed by atoms with Gasteiger partial charge >= 0.3 is 12.1 Å². The molecule has 3 saturated heterocycles. The van der Waals surface area contributed by atoms with E-state index in [4.69, 9.17) is 73.1 Å². The highest BCUT2D eigenvalue weighted by atomic mass is 16.6. The number of cyclic esters (lactones) is 1. The van der Waals surface area contributed by atoms with Crippen molar-refractivity contribution < 1.29 is 100 Å². The Morgan fingerprint density at radius 1 is 0.681 bits per heavy atom. The Balaban J connectivity index is 0.480. The molecule has 4 fully saturated rings. The number of amides is 4. The number of rotatable bonds is 31. The second-order valence-electron chi connectivity index (χ2n) is 37.2. The van der Waals surface area contributed by atoms with Crippen LogP contribution in [-0.4, -0.2) is 294 Å². The number of oxazole rings is 1. The van der Waals surface area contributed by atoms with E-state index < -0.39 is 102 Å². The number of piperazine rings is 1. The first-order chi connectivity index (χ1) is 66.6. The van der Waals surface area contributed by atoms with Gasteiger partial charge in [-0.05, 0) is 148 Å². The van der Waals surface area contributed by atoms with Gasteiger partial charge in [0.05, 0.1) is 94.8 Å². The number of esters is 1. The molecule has 1 saturated carbocycles. The zero-order valence-electron chi connectivity index (χ0n) is 81.2. The largest absolute Gasteiger partial charge is 0.460 e. The van der Waals surface area contributed by atoms with Crippen LogP contribution in [0, 0.1) is 35.5 Å². The van der Waals surface area contributed by atoms with Gasteiger partial charge in [0.15, 0.2) is 17.0 Å². The number of fused-ring (bicyclic) bond motifs is 6. The van der Waals surface area contributed by atoms with Crippen molar-refractivity contribution in [3.8, 4) is 11.3 Å². The van der Waals surface area contributed by atoms with Gasteiger partial charge in [0.1, 0.15) is 53.8 Å². The highest BCUT2D eigenvalue weighted by Crippen LogP contribution is 2.41. The lowest BCUT2D eigenvalue weighted by Crippen LogP contribution is -2.61. The Labute approximate surface area is 805 Å². The van der Waals surface area contributed by atoms with Crippen LogP contribution in [-0.2, 0) is 102 Å². The number of nitrogens with one attached hydrogen (secondary N) is 2. The number of allylic oxidation sites excluding steroid dienone is 5. The van der Waals surface area contributed by atoms with Crippen LogP contribution in [0.3, 0.4) is 0 Å². The number of ketones is 2. The SMILES string of the molecule is CO[C@H]1C[C@@H]2CC[C@@H](C)[C@@](O)(O2)C(=O)C(=O)N2CCCC[C@H]2C(=O)O[C@H]([C@H](C)C[C@@H]2CC[C@@H](OC(=O)NCCOCCOCCOCCOCCC(=O)NCc3cnc(N4CCN(c5ncc(C(=O)N6CCc7cc(Cn8nc(-c9ccc%10oc(N)nc%10c9)c9c(N)ncnc98)ccc7C6)cn5)CC4)nc3)[C@H](OC)C2)C[C@@H](OC)C(C)/C=C(\C)[C@@H](O)[C@@H](OC)C(=O)[C@H](C)C[C@H](C)/C=C/C=C/C=C/1C. The molecule has 0 radical (unpaired) electrons. The van der Waals surface area contributed by atoms with Crippen LogP contribution >= 0.6 is 0 Å². The molecular weight excluding hydrogens is 1780 g/mol. The standard InChI is InChI=1S/C100H137N17O21/c1-61-17-13-12-14-18-62(2)80(127-8)51-75-25-20-67(7)100(126,138-75)90(121)94(123)116-31-16-15-19-77(116)95(124)135-82(52-81(128-9)63(3)46-66(6)88(120)89(130-11)87(119)65(5)45-61)64(4)47-68-22-26-79(83(49-68)129-10)137-99(125)103-30-38-132-40-42-134-44-43-133-41-39-131-37-29-84(118)104-53-70-54-105-97(106-55-70)113-33-35-114(36-34-113)98-107-56-74(57-108-98)93(122)115-32-28-71-48-69(21-23-73(71)59-115)58-117-92-85(91(101)109-60-110-92)86(112-117)72-24-27-78-76(50-72)111-96(102)136-78/h12-14,17-18,21,23-24,27,46,48,50,54-57,60-61,63-65,67-68,75,77,79-83,88-89,120,126H,15-16,19-20,22,25-26,28-45,47,49,51-53,58-59H2,1-11H3,(H2,102,111)(H,103,125)(H,104,118)(H2,101,109,110)/b14-12+,17-13+,62-18+,66-46+/t61-,63?,64-,65-,67-,68+,75+,77+,79-,80+,81-,82+,83-,88-,89+,100-/m1/s1. The fourth-order valence-electron chi connectivity index (χ4n) is 19.3. The Hall–Kier alpha value is -11.2. The molecule has 10 heterocycles. The Morgan fingerprint density at radius 2 is 1.38 bits per heavy atom. The predicted molar refractivity (Wildman–Crippen MR) is 513 cm³/mol. The molecule has 16 atom stereocenters. The molecule has 38 nitrogen and oxygen atoms in total. The van der Waals surface area contributed by atoms with Crippen LogP contribution in [0.2, 0.25) is 0 Å². The van der Waals surface area contributed by atoms with E-state index in [1.54, 1.807) is 66.0 Å². The van der Waals surface area contributed by atoms with E-state index in [0.29, 0.717) is 206 Å². The fraction of sp³-hybridized carbons (Fsp3) is 0.590. The third-order valence-corrected chi connectivity index (χ3v) is 27.3. The number of alkyl carbamates (subject to hydrolysis) is 1. The minimum Gasteiger partial charge on any atom is -0.460 e. The minimum atomic E-state index is -2.46. The van der Waals surface area contributed by atoms with Crippen molar-refractivity contribution in [1.29, 1.82) is 0 Å². The molecule has 38 heteroatoms. The number of Topliss-reactive ketones (excluding diaryl/α,β-unsaturated/α-hetero) is 2. The number of carbonyl (C=O) groups excluding carboxylic acids is 7. The second kappa shape index (κ2) is 50.1. The summed E-state index contributed by atoms with van der Waals surface area (Å²) in [5, 5.41) is 35.3. The van der Waals surface area contributed by atoms with Gasteiger partial charge in [-0.3, -0.25) is 24.0 Å². The number of anilines is 4. The Kier molecular flexibility index (Phi) is 37.8. The summed E-state index contributed by atoms with van der Waals surface area (Å²) in [6, 6.07) is 10.7. The summed E-state index contributed by atoms with van der Waals surface area (Å²) in [6.45, 7) is 19.8. The summed E-state index contributed by atoms with van der Waals surface area (Å²) in [5.74, 6) is -6.31. The number of benzene rings is 2. The van der Waals surface area contributed by atoms with E-state index in [1.165, 1.54) is 18.3 Å². The summed E-state index contributed by atoms with van der Waals surface area (Å²) in [4.78, 5) is 137. The molecule has 6 aliphatic rings. The van der Waals surface area contributed by atoms with Crippen molar-refractivity contribution in [2.45, 2.75) is 219 Å². The van der Waals surface area contributed by atoms with Gasteiger partial charge in [-0.15, -0.1) is 0 Å². The van der Waals surface area contributed by atoms with Gasteiger partial charge in [0.2, 0.25) is 23.6 Å². The number of aromatic nitrogens is 9.